The molecule has 0 heterocycles. The fourth-order valence-electron chi connectivity index (χ4n) is 0.622. The fourth-order valence-corrected chi connectivity index (χ4v) is 0.622. The summed E-state index contributed by atoms with van der Waals surface area (Å²) in [5, 5.41) is 21.8. The van der Waals surface area contributed by atoms with Gasteiger partial charge < -0.3 is 5.21 Å². The van der Waals surface area contributed by atoms with Crippen molar-refractivity contribution in [1.82, 2.24) is 0 Å². The monoisotopic (exact) mass is 147 g/mol. The molecule has 0 aliphatic rings. The van der Waals surface area contributed by atoms with Gasteiger partial charge in [0.2, 0.25) is 0 Å². The Balaban J connectivity index is 2.90. The van der Waals surface area contributed by atoms with Gasteiger partial charge in [0.05, 0.1) is 0 Å². The van der Waals surface area contributed by atoms with Gasteiger partial charge in [0, 0.05) is 0 Å². The van der Waals surface area contributed by atoms with Crippen molar-refractivity contribution < 1.29 is 4.86 Å². The van der Waals surface area contributed by atoms with Crippen LogP contribution in [-0.2, 0) is 0 Å². The first kappa shape index (κ1) is 7.22. The molecule has 0 amide bonds. The van der Waals surface area contributed by atoms with E-state index in [1.165, 1.54) is 6.19 Å². The molecule has 0 unspecified atom stereocenters. The number of nitriles is 1. The lowest BCUT2D eigenvalue weighted by molar-refractivity contribution is -0.433. The van der Waals surface area contributed by atoms with E-state index in [4.69, 9.17) is 5.26 Å². The molecule has 54 valence electrons. The number of benzene rings is 1. The van der Waals surface area contributed by atoms with Crippen molar-refractivity contribution in [2.75, 3.05) is 0 Å². The summed E-state index contributed by atoms with van der Waals surface area (Å²) < 4.78 is 0. The lowest BCUT2D eigenvalue weighted by Crippen LogP contribution is -1.85. The summed E-state index contributed by atoms with van der Waals surface area (Å²) in [5.41, 5.74) is 0.476. The number of azo groups is 1. The number of nitrogens with zero attached hydrogens (tertiary/aromatic N) is 3. The van der Waals surface area contributed by atoms with Crippen LogP contribution in [0.1, 0.15) is 0 Å². The third-order valence-electron chi connectivity index (χ3n) is 1.05. The second-order valence-electron chi connectivity index (χ2n) is 1.81. The van der Waals surface area contributed by atoms with Gasteiger partial charge in [0.25, 0.3) is 0 Å². The second-order valence-corrected chi connectivity index (χ2v) is 1.81. The Hall–Kier alpha value is -1.89. The Labute approximate surface area is 63.6 Å². The zero-order valence-corrected chi connectivity index (χ0v) is 5.64. The highest BCUT2D eigenvalue weighted by Crippen LogP contribution is 2.08. The van der Waals surface area contributed by atoms with Gasteiger partial charge in [-0.3, -0.25) is 0 Å². The Morgan fingerprint density at radius 1 is 1.36 bits per heavy atom. The summed E-state index contributed by atoms with van der Waals surface area (Å²) in [6.45, 7) is 0. The topological polar surface area (TPSA) is 62.2 Å². The highest BCUT2D eigenvalue weighted by molar-refractivity contribution is 5.34. The quantitative estimate of drug-likeness (QED) is 0.200. The molecule has 0 aliphatic heterocycles. The molecule has 11 heavy (non-hydrogen) atoms. The normalized spacial score (nSPS) is 10.6. The number of hydrogen-bond acceptors (Lipinski definition) is 3. The summed E-state index contributed by atoms with van der Waals surface area (Å²) in [6, 6.07) is 8.57. The molecule has 0 atom stereocenters. The fraction of sp³-hybridized carbons (Fsp3) is 0. The van der Waals surface area contributed by atoms with Crippen molar-refractivity contribution in [3.05, 3.63) is 35.5 Å². The summed E-state index contributed by atoms with van der Waals surface area (Å²) in [6.07, 6.45) is 1.32. The first-order chi connectivity index (χ1) is 5.33. The van der Waals surface area contributed by atoms with Gasteiger partial charge in [-0.1, -0.05) is 28.2 Å². The molecule has 1 aromatic carbocycles. The summed E-state index contributed by atoms with van der Waals surface area (Å²) >= 11 is 0. The molecule has 0 spiro atoms. The first-order valence-electron chi connectivity index (χ1n) is 2.96. The van der Waals surface area contributed by atoms with E-state index in [9.17, 15) is 5.21 Å². The second kappa shape index (κ2) is 3.32. The summed E-state index contributed by atoms with van der Waals surface area (Å²) in [7, 11) is 0. The molecule has 0 N–H and O–H groups in total. The molecule has 4 heteroatoms. The van der Waals surface area contributed by atoms with Crippen molar-refractivity contribution in [1.29, 1.82) is 5.26 Å². The van der Waals surface area contributed by atoms with Gasteiger partial charge in [-0.2, -0.15) is 0 Å². The minimum absolute atomic E-state index is 0.0324. The molecule has 0 aromatic heterocycles. The lowest BCUT2D eigenvalue weighted by atomic mass is 10.3. The molecule has 0 bridgehead atoms. The van der Waals surface area contributed by atoms with Crippen molar-refractivity contribution in [2.45, 2.75) is 0 Å². The van der Waals surface area contributed by atoms with E-state index in [1.807, 2.05) is 0 Å². The molecule has 0 saturated heterocycles. The third kappa shape index (κ3) is 2.06. The van der Waals surface area contributed by atoms with Crippen LogP contribution in [0.25, 0.3) is 0 Å². The van der Waals surface area contributed by atoms with E-state index in [0.717, 1.165) is 0 Å². The summed E-state index contributed by atoms with van der Waals surface area (Å²) in [4.78, 5) is -0.0324. The Morgan fingerprint density at radius 2 is 2.00 bits per heavy atom. The minimum Gasteiger partial charge on any atom is -0.682 e. The molecule has 0 saturated carbocycles. The maximum atomic E-state index is 10.4. The molecule has 1 aromatic rings. The van der Waals surface area contributed by atoms with Crippen LogP contribution >= 0.6 is 0 Å². The van der Waals surface area contributed by atoms with E-state index in [0.29, 0.717) is 5.69 Å². The number of hydroxylamine groups is 1. The maximum Gasteiger partial charge on any atom is 0.485 e. The smallest absolute Gasteiger partial charge is 0.485 e. The van der Waals surface area contributed by atoms with Crippen LogP contribution in [0.4, 0.5) is 5.69 Å². The van der Waals surface area contributed by atoms with E-state index < -0.39 is 0 Å². The zero-order valence-electron chi connectivity index (χ0n) is 5.64. The minimum atomic E-state index is -0.0324. The van der Waals surface area contributed by atoms with Crippen LogP contribution in [0.5, 0.6) is 0 Å². The average molecular weight is 147 g/mol. The molecule has 0 radical (unpaired) electrons. The van der Waals surface area contributed by atoms with Crippen LogP contribution in [-0.4, -0.2) is 4.86 Å². The van der Waals surface area contributed by atoms with Gasteiger partial charge in [-0.05, 0) is 12.1 Å². The number of rotatable bonds is 1. The van der Waals surface area contributed by atoms with Crippen LogP contribution in [0.3, 0.4) is 0 Å². The van der Waals surface area contributed by atoms with Crippen LogP contribution in [0, 0.1) is 16.7 Å². The van der Waals surface area contributed by atoms with Gasteiger partial charge in [-0.15, -0.1) is 0 Å². The standard InChI is InChI=1S/C7H5N3O/c8-6-10(11)9-7-4-2-1-3-5-7/h1-5H/b10-9-. The zero-order chi connectivity index (χ0) is 8.10. The van der Waals surface area contributed by atoms with E-state index in [1.54, 1.807) is 30.3 Å². The largest absolute Gasteiger partial charge is 0.682 e. The van der Waals surface area contributed by atoms with Crippen molar-refractivity contribution >= 4 is 5.69 Å². The van der Waals surface area contributed by atoms with Crippen molar-refractivity contribution in [2.24, 2.45) is 5.11 Å². The SMILES string of the molecule is N#C/[N+]([O-])=N/c1ccccc1. The maximum absolute atomic E-state index is 10.4. The highest BCUT2D eigenvalue weighted by Gasteiger charge is 1.88. The van der Waals surface area contributed by atoms with E-state index in [-0.39, 0.29) is 4.86 Å². The number of hydrogen-bond donors (Lipinski definition) is 0. The lowest BCUT2D eigenvalue weighted by Gasteiger charge is -1.92. The van der Waals surface area contributed by atoms with E-state index in [2.05, 4.69) is 5.11 Å². The van der Waals surface area contributed by atoms with Gasteiger partial charge in [-0.25, -0.2) is 0 Å². The van der Waals surface area contributed by atoms with Gasteiger partial charge >= 0.3 is 6.19 Å². The molecule has 1 rings (SSSR count). The van der Waals surface area contributed by atoms with Crippen molar-refractivity contribution in [3.8, 4) is 6.19 Å². The highest BCUT2D eigenvalue weighted by atomic mass is 16.5. The predicted octanol–water partition coefficient (Wildman–Crippen LogP) is 1.76. The molecular weight excluding hydrogens is 142 g/mol. The van der Waals surface area contributed by atoms with Crippen molar-refractivity contribution in [3.63, 3.8) is 0 Å². The first-order valence-corrected chi connectivity index (χ1v) is 2.96. The molecule has 0 aliphatic carbocycles. The average Bonchev–Trinajstić information content (AvgIpc) is 2.06. The molecule has 0 fully saturated rings. The summed E-state index contributed by atoms with van der Waals surface area (Å²) in [5.74, 6) is 0. The van der Waals surface area contributed by atoms with Gasteiger partial charge in [0.15, 0.2) is 5.26 Å². The van der Waals surface area contributed by atoms with E-state index >= 15 is 0 Å². The van der Waals surface area contributed by atoms with Gasteiger partial charge in [0.1, 0.15) is 5.69 Å². The van der Waals surface area contributed by atoms with Crippen LogP contribution in [0.2, 0.25) is 0 Å². The Bertz CT molecular complexity index is 299. The Morgan fingerprint density at radius 3 is 2.55 bits per heavy atom. The third-order valence-corrected chi connectivity index (χ3v) is 1.05. The predicted molar refractivity (Wildman–Crippen MR) is 37.8 cm³/mol. The molecule has 4 nitrogen and oxygen atoms in total. The Kier molecular flexibility index (Phi) is 2.18. The molecular formula is C7H5N3O. The van der Waals surface area contributed by atoms with Crippen LogP contribution < -0.4 is 0 Å². The van der Waals surface area contributed by atoms with Crippen LogP contribution in [0.15, 0.2) is 35.4 Å².